The highest BCUT2D eigenvalue weighted by atomic mass is 35.5. The van der Waals surface area contributed by atoms with Gasteiger partial charge in [0.25, 0.3) is 0 Å². The molecule has 0 bridgehead atoms. The molecule has 1 atom stereocenters. The number of nitrogens with one attached hydrogen (secondary N) is 1. The van der Waals surface area contributed by atoms with Crippen molar-refractivity contribution in [3.05, 3.63) is 70.2 Å². The number of halogens is 1. The first-order chi connectivity index (χ1) is 14.9. The van der Waals surface area contributed by atoms with Crippen molar-refractivity contribution < 1.29 is 9.59 Å². The zero-order valence-electron chi connectivity index (χ0n) is 18.0. The Kier molecular flexibility index (Phi) is 7.70. The summed E-state index contributed by atoms with van der Waals surface area (Å²) in [5.74, 6) is 0.165. The quantitative estimate of drug-likeness (QED) is 0.732. The first-order valence-corrected chi connectivity index (χ1v) is 11.1. The fraction of sp³-hybridized carbons (Fsp3) is 0.400. The molecule has 1 fully saturated rings. The molecule has 162 valence electrons. The van der Waals surface area contributed by atoms with Crippen LogP contribution in [0.15, 0.2) is 48.5 Å². The van der Waals surface area contributed by atoms with Crippen molar-refractivity contribution in [3.63, 3.8) is 0 Å². The molecule has 0 spiro atoms. The molecule has 1 saturated heterocycles. The van der Waals surface area contributed by atoms with E-state index in [1.54, 1.807) is 18.2 Å². The van der Waals surface area contributed by atoms with E-state index < -0.39 is 6.04 Å². The molecule has 2 aromatic carbocycles. The minimum Gasteiger partial charge on any atom is -0.344 e. The van der Waals surface area contributed by atoms with Crippen molar-refractivity contribution in [1.82, 2.24) is 10.2 Å². The van der Waals surface area contributed by atoms with E-state index in [-0.39, 0.29) is 24.2 Å². The van der Waals surface area contributed by atoms with Crippen LogP contribution in [0.4, 0.5) is 0 Å². The van der Waals surface area contributed by atoms with Crippen LogP contribution >= 0.6 is 11.6 Å². The van der Waals surface area contributed by atoms with Crippen molar-refractivity contribution in [2.75, 3.05) is 13.1 Å². The smallest absolute Gasteiger partial charge is 0.245 e. The van der Waals surface area contributed by atoms with Gasteiger partial charge in [-0.15, -0.1) is 0 Å². The first-order valence-electron chi connectivity index (χ1n) is 10.7. The minimum absolute atomic E-state index is 0.0177. The molecule has 0 saturated carbocycles. The predicted octanol–water partition coefficient (Wildman–Crippen LogP) is 4.30. The van der Waals surface area contributed by atoms with Crippen molar-refractivity contribution in [2.24, 2.45) is 5.92 Å². The number of likely N-dealkylation sites (tertiary alicyclic amines) is 1. The van der Waals surface area contributed by atoms with Crippen LogP contribution in [-0.2, 0) is 16.0 Å². The zero-order chi connectivity index (χ0) is 22.4. The normalized spacial score (nSPS) is 15.4. The molecule has 0 aromatic heterocycles. The van der Waals surface area contributed by atoms with Gasteiger partial charge in [-0.3, -0.25) is 9.59 Å². The van der Waals surface area contributed by atoms with E-state index in [2.05, 4.69) is 23.5 Å². The van der Waals surface area contributed by atoms with Crippen LogP contribution in [0.5, 0.6) is 0 Å². The Morgan fingerprint density at radius 3 is 2.45 bits per heavy atom. The maximum Gasteiger partial charge on any atom is 0.245 e. The number of carbonyl (C=O) groups excluding carboxylic acids is 2. The third-order valence-corrected chi connectivity index (χ3v) is 6.07. The summed E-state index contributed by atoms with van der Waals surface area (Å²) in [4.78, 5) is 27.6. The molecule has 1 aliphatic heterocycles. The Morgan fingerprint density at radius 2 is 1.84 bits per heavy atom. The maximum absolute atomic E-state index is 13.2. The maximum atomic E-state index is 13.2. The molecular weight excluding hydrogens is 410 g/mol. The van der Waals surface area contributed by atoms with Gasteiger partial charge in [-0.05, 0) is 60.1 Å². The molecule has 2 aromatic rings. The van der Waals surface area contributed by atoms with Gasteiger partial charge < -0.3 is 10.2 Å². The van der Waals surface area contributed by atoms with Gasteiger partial charge in [0.15, 0.2) is 0 Å². The molecule has 5 nitrogen and oxygen atoms in total. The third kappa shape index (κ3) is 6.08. The van der Waals surface area contributed by atoms with Crippen LogP contribution in [-0.4, -0.2) is 35.8 Å². The number of carbonyl (C=O) groups is 2. The highest BCUT2D eigenvalue weighted by molar-refractivity contribution is 6.30. The summed E-state index contributed by atoms with van der Waals surface area (Å²) in [6.07, 6.45) is 1.94. The minimum atomic E-state index is -0.557. The Hall–Kier alpha value is -2.84. The topological polar surface area (TPSA) is 73.2 Å². The molecule has 6 heteroatoms. The van der Waals surface area contributed by atoms with Gasteiger partial charge in [-0.1, -0.05) is 49.7 Å². The SMILES string of the molecule is CC(C)[C@@H](NC(=O)Cc1cccc(C#N)c1)C(=O)N1CCC(c2ccc(Cl)cc2)CC1. The molecule has 3 rings (SSSR count). The van der Waals surface area contributed by atoms with E-state index in [1.165, 1.54) is 5.56 Å². The van der Waals surface area contributed by atoms with Gasteiger partial charge >= 0.3 is 0 Å². The average molecular weight is 438 g/mol. The number of nitrogens with zero attached hydrogens (tertiary/aromatic N) is 2. The van der Waals surface area contributed by atoms with E-state index in [9.17, 15) is 9.59 Å². The summed E-state index contributed by atoms with van der Waals surface area (Å²) >= 11 is 5.99. The number of hydrogen-bond acceptors (Lipinski definition) is 3. The van der Waals surface area contributed by atoms with Crippen LogP contribution < -0.4 is 5.32 Å². The Balaban J connectivity index is 1.58. The van der Waals surface area contributed by atoms with E-state index in [1.807, 2.05) is 36.9 Å². The zero-order valence-corrected chi connectivity index (χ0v) is 18.7. The monoisotopic (exact) mass is 437 g/mol. The summed E-state index contributed by atoms with van der Waals surface area (Å²) in [7, 11) is 0. The van der Waals surface area contributed by atoms with Gasteiger partial charge in [-0.25, -0.2) is 0 Å². The Bertz CT molecular complexity index is 957. The van der Waals surface area contributed by atoms with Crippen LogP contribution in [0.3, 0.4) is 0 Å². The summed E-state index contributed by atoms with van der Waals surface area (Å²) in [5.41, 5.74) is 2.53. The Labute approximate surface area is 189 Å². The number of hydrogen-bond donors (Lipinski definition) is 1. The van der Waals surface area contributed by atoms with Crippen LogP contribution in [0.2, 0.25) is 5.02 Å². The summed E-state index contributed by atoms with van der Waals surface area (Å²) < 4.78 is 0. The number of nitriles is 1. The molecular formula is C25H28ClN3O2. The largest absolute Gasteiger partial charge is 0.344 e. The number of amides is 2. The fourth-order valence-electron chi connectivity index (χ4n) is 4.04. The van der Waals surface area contributed by atoms with E-state index >= 15 is 0 Å². The molecule has 2 amide bonds. The highest BCUT2D eigenvalue weighted by Gasteiger charge is 2.31. The number of benzene rings is 2. The number of rotatable bonds is 6. The first kappa shape index (κ1) is 22.8. The van der Waals surface area contributed by atoms with Crippen molar-refractivity contribution in [3.8, 4) is 6.07 Å². The summed E-state index contributed by atoms with van der Waals surface area (Å²) in [6.45, 7) is 5.24. The summed E-state index contributed by atoms with van der Waals surface area (Å²) in [5, 5.41) is 12.7. The highest BCUT2D eigenvalue weighted by Crippen LogP contribution is 2.29. The van der Waals surface area contributed by atoms with E-state index in [0.717, 1.165) is 23.4 Å². The van der Waals surface area contributed by atoms with Crippen LogP contribution in [0.1, 0.15) is 49.3 Å². The molecule has 1 aliphatic rings. The second-order valence-electron chi connectivity index (χ2n) is 8.43. The number of piperidine rings is 1. The van der Waals surface area contributed by atoms with Gasteiger partial charge in [0.05, 0.1) is 18.1 Å². The predicted molar refractivity (Wildman–Crippen MR) is 122 cm³/mol. The average Bonchev–Trinajstić information content (AvgIpc) is 2.77. The van der Waals surface area contributed by atoms with Crippen LogP contribution in [0.25, 0.3) is 0 Å². The fourth-order valence-corrected chi connectivity index (χ4v) is 4.17. The van der Waals surface area contributed by atoms with Crippen LogP contribution in [0, 0.1) is 17.2 Å². The molecule has 0 unspecified atom stereocenters. The molecule has 0 aliphatic carbocycles. The van der Waals surface area contributed by atoms with Crippen molar-refractivity contribution in [2.45, 2.75) is 45.1 Å². The lowest BCUT2D eigenvalue weighted by Crippen LogP contribution is -2.53. The third-order valence-electron chi connectivity index (χ3n) is 5.82. The molecule has 0 radical (unpaired) electrons. The molecule has 31 heavy (non-hydrogen) atoms. The second-order valence-corrected chi connectivity index (χ2v) is 8.87. The van der Waals surface area contributed by atoms with Crippen molar-refractivity contribution >= 4 is 23.4 Å². The lowest BCUT2D eigenvalue weighted by atomic mass is 9.89. The van der Waals surface area contributed by atoms with Gasteiger partial charge in [0, 0.05) is 18.1 Å². The molecule has 1 N–H and O–H groups in total. The standard InChI is InChI=1S/C25H28ClN3O2/c1-17(2)24(28-23(30)15-18-4-3-5-19(14-18)16-27)25(31)29-12-10-21(11-13-29)20-6-8-22(26)9-7-20/h3-9,14,17,21,24H,10-13,15H2,1-2H3,(H,28,30)/t24-/m1/s1. The van der Waals surface area contributed by atoms with E-state index in [4.69, 9.17) is 16.9 Å². The van der Waals surface area contributed by atoms with Gasteiger partial charge in [0.1, 0.15) is 6.04 Å². The Morgan fingerprint density at radius 1 is 1.16 bits per heavy atom. The van der Waals surface area contributed by atoms with Gasteiger partial charge in [0.2, 0.25) is 11.8 Å². The molecule has 1 heterocycles. The lowest BCUT2D eigenvalue weighted by molar-refractivity contribution is -0.138. The van der Waals surface area contributed by atoms with E-state index in [0.29, 0.717) is 24.6 Å². The van der Waals surface area contributed by atoms with Crippen molar-refractivity contribution in [1.29, 1.82) is 5.26 Å². The lowest BCUT2D eigenvalue weighted by Gasteiger charge is -2.35. The second kappa shape index (κ2) is 10.5. The summed E-state index contributed by atoms with van der Waals surface area (Å²) in [6, 6.07) is 16.4. The van der Waals surface area contributed by atoms with Gasteiger partial charge in [-0.2, -0.15) is 5.26 Å².